The molecule has 0 radical (unpaired) electrons. The fourth-order valence-corrected chi connectivity index (χ4v) is 1.61. The maximum absolute atomic E-state index is 10.9. The number of H-pyrrole nitrogens is 2. The van der Waals surface area contributed by atoms with Crippen LogP contribution in [0.1, 0.15) is 5.56 Å². The van der Waals surface area contributed by atoms with Gasteiger partial charge in [0.1, 0.15) is 0 Å². The maximum Gasteiger partial charge on any atom is 0.340 e. The zero-order chi connectivity index (χ0) is 10.1. The SMILES string of the molecule is Cc1ccc(Br)cc1-c1n[nH]c(=O)[nH]1. The molecule has 2 N–H and O–H groups in total. The summed E-state index contributed by atoms with van der Waals surface area (Å²) in [5.41, 5.74) is 1.69. The van der Waals surface area contributed by atoms with Crippen molar-refractivity contribution in [2.45, 2.75) is 6.92 Å². The quantitative estimate of drug-likeness (QED) is 0.815. The van der Waals surface area contributed by atoms with Gasteiger partial charge in [-0.1, -0.05) is 22.0 Å². The van der Waals surface area contributed by atoms with Crippen molar-refractivity contribution in [3.8, 4) is 11.4 Å². The lowest BCUT2D eigenvalue weighted by Gasteiger charge is -2.01. The summed E-state index contributed by atoms with van der Waals surface area (Å²) in [6.45, 7) is 1.97. The number of rotatable bonds is 1. The zero-order valence-corrected chi connectivity index (χ0v) is 9.05. The second-order valence-electron chi connectivity index (χ2n) is 2.99. The van der Waals surface area contributed by atoms with Gasteiger partial charge in [-0.05, 0) is 24.6 Å². The molecule has 1 aromatic carbocycles. The third-order valence-corrected chi connectivity index (χ3v) is 2.45. The smallest absolute Gasteiger partial charge is 0.289 e. The van der Waals surface area contributed by atoms with Gasteiger partial charge in [-0.3, -0.25) is 4.98 Å². The number of aromatic amines is 2. The van der Waals surface area contributed by atoms with E-state index in [0.717, 1.165) is 15.6 Å². The summed E-state index contributed by atoms with van der Waals surface area (Å²) in [4.78, 5) is 13.5. The molecule has 14 heavy (non-hydrogen) atoms. The second kappa shape index (κ2) is 3.42. The average Bonchev–Trinajstić information content (AvgIpc) is 2.56. The highest BCUT2D eigenvalue weighted by atomic mass is 79.9. The molecule has 5 heteroatoms. The lowest BCUT2D eigenvalue weighted by atomic mass is 10.1. The molecule has 0 saturated carbocycles. The topological polar surface area (TPSA) is 61.5 Å². The van der Waals surface area contributed by atoms with E-state index in [1.165, 1.54) is 0 Å². The predicted molar refractivity (Wildman–Crippen MR) is 57.1 cm³/mol. The van der Waals surface area contributed by atoms with E-state index in [1.807, 2.05) is 25.1 Å². The molecule has 0 amide bonds. The van der Waals surface area contributed by atoms with Gasteiger partial charge in [0, 0.05) is 10.0 Å². The molecule has 1 aromatic heterocycles. The van der Waals surface area contributed by atoms with Gasteiger partial charge in [0.25, 0.3) is 0 Å². The van der Waals surface area contributed by atoms with Gasteiger partial charge in [-0.15, -0.1) is 0 Å². The Bertz CT molecular complexity index is 515. The predicted octanol–water partition coefficient (Wildman–Crippen LogP) is 1.84. The lowest BCUT2D eigenvalue weighted by molar-refractivity contribution is 1.05. The van der Waals surface area contributed by atoms with Crippen molar-refractivity contribution in [1.29, 1.82) is 0 Å². The van der Waals surface area contributed by atoms with Crippen molar-refractivity contribution < 1.29 is 0 Å². The Morgan fingerprint density at radius 1 is 1.43 bits per heavy atom. The van der Waals surface area contributed by atoms with E-state index in [2.05, 4.69) is 31.1 Å². The van der Waals surface area contributed by atoms with E-state index in [0.29, 0.717) is 5.82 Å². The molecule has 0 aliphatic heterocycles. The largest absolute Gasteiger partial charge is 0.340 e. The van der Waals surface area contributed by atoms with Crippen molar-refractivity contribution >= 4 is 15.9 Å². The highest BCUT2D eigenvalue weighted by molar-refractivity contribution is 9.10. The Morgan fingerprint density at radius 3 is 2.86 bits per heavy atom. The number of aryl methyl sites for hydroxylation is 1. The Kier molecular flexibility index (Phi) is 2.25. The molecule has 0 aliphatic carbocycles. The van der Waals surface area contributed by atoms with Crippen LogP contribution in [0.5, 0.6) is 0 Å². The minimum absolute atomic E-state index is 0.292. The Balaban J connectivity index is 2.61. The summed E-state index contributed by atoms with van der Waals surface area (Å²) in [6, 6.07) is 5.83. The summed E-state index contributed by atoms with van der Waals surface area (Å²) in [6.07, 6.45) is 0. The third kappa shape index (κ3) is 1.63. The molecule has 72 valence electrons. The minimum Gasteiger partial charge on any atom is -0.289 e. The number of hydrogen-bond donors (Lipinski definition) is 2. The molecule has 0 bridgehead atoms. The van der Waals surface area contributed by atoms with Gasteiger partial charge in [-0.2, -0.15) is 5.10 Å². The molecule has 0 unspecified atom stereocenters. The van der Waals surface area contributed by atoms with E-state index >= 15 is 0 Å². The number of nitrogens with zero attached hydrogens (tertiary/aromatic N) is 1. The van der Waals surface area contributed by atoms with Gasteiger partial charge in [0.2, 0.25) is 0 Å². The summed E-state index contributed by atoms with van der Waals surface area (Å²) in [7, 11) is 0. The number of aromatic nitrogens is 3. The van der Waals surface area contributed by atoms with Crippen LogP contribution in [-0.4, -0.2) is 15.2 Å². The number of benzene rings is 1. The van der Waals surface area contributed by atoms with Gasteiger partial charge >= 0.3 is 5.69 Å². The summed E-state index contributed by atoms with van der Waals surface area (Å²) in [5.74, 6) is 0.564. The standard InChI is InChI=1S/C9H8BrN3O/c1-5-2-3-6(10)4-7(5)8-11-9(14)13-12-8/h2-4H,1H3,(H2,11,12,13,14). The fourth-order valence-electron chi connectivity index (χ4n) is 1.25. The number of halogens is 1. The Hall–Kier alpha value is -1.36. The van der Waals surface area contributed by atoms with Crippen LogP contribution in [0.2, 0.25) is 0 Å². The van der Waals surface area contributed by atoms with E-state index in [9.17, 15) is 4.79 Å². The van der Waals surface area contributed by atoms with Gasteiger partial charge in [-0.25, -0.2) is 9.89 Å². The number of hydrogen-bond acceptors (Lipinski definition) is 2. The van der Waals surface area contributed by atoms with Crippen LogP contribution < -0.4 is 5.69 Å². The summed E-state index contributed by atoms with van der Waals surface area (Å²) in [5, 5.41) is 6.21. The molecule has 0 saturated heterocycles. The average molecular weight is 254 g/mol. The molecule has 0 fully saturated rings. The van der Waals surface area contributed by atoms with Crippen LogP contribution in [0.25, 0.3) is 11.4 Å². The molecule has 4 nitrogen and oxygen atoms in total. The van der Waals surface area contributed by atoms with Gasteiger partial charge in [0.05, 0.1) is 0 Å². The molecular weight excluding hydrogens is 246 g/mol. The highest BCUT2D eigenvalue weighted by Crippen LogP contribution is 2.22. The summed E-state index contributed by atoms with van der Waals surface area (Å²) >= 11 is 3.37. The molecule has 0 aliphatic rings. The first kappa shape index (κ1) is 9.21. The van der Waals surface area contributed by atoms with Crippen LogP contribution >= 0.6 is 15.9 Å². The van der Waals surface area contributed by atoms with Crippen LogP contribution in [0, 0.1) is 6.92 Å². The first-order valence-corrected chi connectivity index (χ1v) is 4.87. The molecule has 0 atom stereocenters. The second-order valence-corrected chi connectivity index (χ2v) is 3.90. The fraction of sp³-hybridized carbons (Fsp3) is 0.111. The Labute approximate surface area is 88.5 Å². The third-order valence-electron chi connectivity index (χ3n) is 1.96. The van der Waals surface area contributed by atoms with Gasteiger partial charge < -0.3 is 0 Å². The van der Waals surface area contributed by atoms with Crippen molar-refractivity contribution in [2.24, 2.45) is 0 Å². The normalized spacial score (nSPS) is 10.4. The van der Waals surface area contributed by atoms with Gasteiger partial charge in [0.15, 0.2) is 5.82 Å². The van der Waals surface area contributed by atoms with Crippen LogP contribution in [-0.2, 0) is 0 Å². The minimum atomic E-state index is -0.292. The van der Waals surface area contributed by atoms with Crippen molar-refractivity contribution in [1.82, 2.24) is 15.2 Å². The van der Waals surface area contributed by atoms with Crippen molar-refractivity contribution in [2.75, 3.05) is 0 Å². The van der Waals surface area contributed by atoms with E-state index in [-0.39, 0.29) is 5.69 Å². The first-order valence-electron chi connectivity index (χ1n) is 4.08. The maximum atomic E-state index is 10.9. The monoisotopic (exact) mass is 253 g/mol. The lowest BCUT2D eigenvalue weighted by Crippen LogP contribution is -2.00. The first-order chi connectivity index (χ1) is 6.66. The molecule has 1 heterocycles. The van der Waals surface area contributed by atoms with Crippen molar-refractivity contribution in [3.63, 3.8) is 0 Å². The highest BCUT2D eigenvalue weighted by Gasteiger charge is 2.05. The Morgan fingerprint density at radius 2 is 2.21 bits per heavy atom. The molecule has 2 rings (SSSR count). The van der Waals surface area contributed by atoms with E-state index < -0.39 is 0 Å². The molecule has 2 aromatic rings. The molecule has 0 spiro atoms. The number of nitrogens with one attached hydrogen (secondary N) is 2. The van der Waals surface area contributed by atoms with E-state index in [4.69, 9.17) is 0 Å². The van der Waals surface area contributed by atoms with Crippen LogP contribution in [0.3, 0.4) is 0 Å². The zero-order valence-electron chi connectivity index (χ0n) is 7.47. The van der Waals surface area contributed by atoms with Crippen LogP contribution in [0.15, 0.2) is 27.5 Å². The van der Waals surface area contributed by atoms with Crippen LogP contribution in [0.4, 0.5) is 0 Å². The van der Waals surface area contributed by atoms with E-state index in [1.54, 1.807) is 0 Å². The van der Waals surface area contributed by atoms with Crippen molar-refractivity contribution in [3.05, 3.63) is 38.7 Å². The summed E-state index contributed by atoms with van der Waals surface area (Å²) < 4.78 is 0.960. The molecular formula is C9H8BrN3O.